The quantitative estimate of drug-likeness (QED) is 0.153. The van der Waals surface area contributed by atoms with Crippen LogP contribution < -0.4 is 27.0 Å². The van der Waals surface area contributed by atoms with Gasteiger partial charge in [0.05, 0.1) is 18.7 Å². The van der Waals surface area contributed by atoms with Crippen LogP contribution >= 0.6 is 0 Å². The highest BCUT2D eigenvalue weighted by atomic mass is 16.4. The summed E-state index contributed by atoms with van der Waals surface area (Å²) in [5.74, 6) is -4.18. The molecule has 1 aromatic carbocycles. The number of aliphatic hydroxyl groups excluding tert-OH is 1. The maximum Gasteiger partial charge on any atom is 0.326 e. The Kier molecular flexibility index (Phi) is 13.4. The highest BCUT2D eigenvalue weighted by molar-refractivity contribution is 5.94. The molecule has 38 heavy (non-hydrogen) atoms. The smallest absolute Gasteiger partial charge is 0.326 e. The van der Waals surface area contributed by atoms with Gasteiger partial charge < -0.3 is 37.2 Å². The summed E-state index contributed by atoms with van der Waals surface area (Å²) in [5, 5.41) is 29.2. The van der Waals surface area contributed by atoms with E-state index in [2.05, 4.69) is 21.3 Å². The van der Waals surface area contributed by atoms with Crippen molar-refractivity contribution in [3.63, 3.8) is 0 Å². The van der Waals surface area contributed by atoms with Crippen molar-refractivity contribution in [1.82, 2.24) is 21.3 Å². The van der Waals surface area contributed by atoms with Crippen molar-refractivity contribution in [3.8, 4) is 0 Å². The number of nitrogens with two attached hydrogens (primary N) is 1. The summed E-state index contributed by atoms with van der Waals surface area (Å²) in [5.41, 5.74) is 6.57. The van der Waals surface area contributed by atoms with Gasteiger partial charge in [-0.25, -0.2) is 4.79 Å². The fourth-order valence-electron chi connectivity index (χ4n) is 3.63. The number of benzene rings is 1. The SMILES string of the molecule is CC(C)CC(N)C(=O)NC(C(=O)NCC(=O)NC(C(=O)NC(Cc1ccccc1)C(=O)O)C(C)O)C(C)C. The number of carbonyl (C=O) groups is 5. The average Bonchev–Trinajstić information content (AvgIpc) is 2.83. The second-order valence-corrected chi connectivity index (χ2v) is 10.1. The summed E-state index contributed by atoms with van der Waals surface area (Å²) in [6.07, 6.45) is -0.912. The lowest BCUT2D eigenvalue weighted by molar-refractivity contribution is -0.142. The van der Waals surface area contributed by atoms with Gasteiger partial charge in [-0.05, 0) is 30.7 Å². The van der Waals surface area contributed by atoms with Gasteiger partial charge in [0.1, 0.15) is 18.1 Å². The van der Waals surface area contributed by atoms with Crippen LogP contribution in [-0.2, 0) is 30.4 Å². The number of hydrogen-bond acceptors (Lipinski definition) is 7. The molecule has 212 valence electrons. The van der Waals surface area contributed by atoms with E-state index in [1.165, 1.54) is 6.92 Å². The first kappa shape index (κ1) is 32.5. The maximum absolute atomic E-state index is 12.7. The fraction of sp³-hybridized carbons (Fsp3) is 0.577. The molecule has 1 aromatic rings. The Bertz CT molecular complexity index is 953. The van der Waals surface area contributed by atoms with Gasteiger partial charge in [-0.2, -0.15) is 0 Å². The van der Waals surface area contributed by atoms with Gasteiger partial charge >= 0.3 is 5.97 Å². The third-order valence-corrected chi connectivity index (χ3v) is 5.71. The van der Waals surface area contributed by atoms with E-state index in [0.29, 0.717) is 12.0 Å². The molecular formula is C26H41N5O7. The Balaban J connectivity index is 2.75. The molecule has 0 bridgehead atoms. The number of hydrogen-bond donors (Lipinski definition) is 7. The van der Waals surface area contributed by atoms with Gasteiger partial charge in [0.15, 0.2) is 0 Å². The van der Waals surface area contributed by atoms with Gasteiger partial charge in [0.25, 0.3) is 0 Å². The highest BCUT2D eigenvalue weighted by Gasteiger charge is 2.31. The molecule has 1 rings (SSSR count). The van der Waals surface area contributed by atoms with Crippen LogP contribution in [0.5, 0.6) is 0 Å². The number of nitrogens with one attached hydrogen (secondary N) is 4. The number of rotatable bonds is 15. The summed E-state index contributed by atoms with van der Waals surface area (Å²) in [6.45, 7) is 8.01. The molecular weight excluding hydrogens is 494 g/mol. The van der Waals surface area contributed by atoms with Crippen molar-refractivity contribution >= 4 is 29.6 Å². The van der Waals surface area contributed by atoms with E-state index in [1.54, 1.807) is 44.2 Å². The minimum atomic E-state index is -1.47. The largest absolute Gasteiger partial charge is 0.480 e. The highest BCUT2D eigenvalue weighted by Crippen LogP contribution is 2.07. The van der Waals surface area contributed by atoms with E-state index in [0.717, 1.165) is 0 Å². The van der Waals surface area contributed by atoms with E-state index in [4.69, 9.17) is 5.73 Å². The van der Waals surface area contributed by atoms with Crippen LogP contribution in [0.3, 0.4) is 0 Å². The van der Waals surface area contributed by atoms with Gasteiger partial charge in [-0.1, -0.05) is 58.0 Å². The lowest BCUT2D eigenvalue weighted by Gasteiger charge is -2.25. The molecule has 12 heteroatoms. The molecule has 0 fully saturated rings. The first-order valence-corrected chi connectivity index (χ1v) is 12.6. The van der Waals surface area contributed by atoms with E-state index in [1.807, 2.05) is 13.8 Å². The van der Waals surface area contributed by atoms with Crippen LogP contribution in [0.25, 0.3) is 0 Å². The third kappa shape index (κ3) is 11.3. The summed E-state index contributed by atoms with van der Waals surface area (Å²) in [6, 6.07) is 4.18. The summed E-state index contributed by atoms with van der Waals surface area (Å²) in [7, 11) is 0. The zero-order chi connectivity index (χ0) is 29.0. The van der Waals surface area contributed by atoms with E-state index >= 15 is 0 Å². The van der Waals surface area contributed by atoms with Crippen molar-refractivity contribution in [2.45, 2.75) is 77.7 Å². The van der Waals surface area contributed by atoms with Crippen LogP contribution in [0.15, 0.2) is 30.3 Å². The Morgan fingerprint density at radius 2 is 1.45 bits per heavy atom. The van der Waals surface area contributed by atoms with Crippen molar-refractivity contribution in [2.24, 2.45) is 17.6 Å². The topological polar surface area (TPSA) is 200 Å². The number of carboxylic acids is 1. The molecule has 12 nitrogen and oxygen atoms in total. The fourth-order valence-corrected chi connectivity index (χ4v) is 3.63. The Morgan fingerprint density at radius 1 is 0.842 bits per heavy atom. The predicted molar refractivity (Wildman–Crippen MR) is 141 cm³/mol. The molecule has 5 unspecified atom stereocenters. The molecule has 0 aliphatic rings. The minimum Gasteiger partial charge on any atom is -0.480 e. The number of carboxylic acid groups (broad SMARTS) is 1. The van der Waals surface area contributed by atoms with Crippen molar-refractivity contribution in [1.29, 1.82) is 0 Å². The Morgan fingerprint density at radius 3 is 1.95 bits per heavy atom. The lowest BCUT2D eigenvalue weighted by Crippen LogP contribution is -2.58. The molecule has 0 saturated carbocycles. The third-order valence-electron chi connectivity index (χ3n) is 5.71. The molecule has 0 heterocycles. The molecule has 5 atom stereocenters. The van der Waals surface area contributed by atoms with Crippen LogP contribution in [0.4, 0.5) is 0 Å². The number of carbonyl (C=O) groups excluding carboxylic acids is 4. The van der Waals surface area contributed by atoms with E-state index in [-0.39, 0.29) is 18.3 Å². The molecule has 0 saturated heterocycles. The van der Waals surface area contributed by atoms with Gasteiger partial charge in [0.2, 0.25) is 23.6 Å². The lowest BCUT2D eigenvalue weighted by atomic mass is 10.0. The summed E-state index contributed by atoms with van der Waals surface area (Å²) in [4.78, 5) is 61.9. The molecule has 0 aromatic heterocycles. The van der Waals surface area contributed by atoms with Crippen molar-refractivity contribution in [2.75, 3.05) is 6.54 Å². The predicted octanol–water partition coefficient (Wildman–Crippen LogP) is -0.705. The van der Waals surface area contributed by atoms with Crippen LogP contribution in [0.2, 0.25) is 0 Å². The van der Waals surface area contributed by atoms with Crippen LogP contribution in [0, 0.1) is 11.8 Å². The molecule has 8 N–H and O–H groups in total. The second-order valence-electron chi connectivity index (χ2n) is 10.1. The van der Waals surface area contributed by atoms with E-state index < -0.39 is 66.4 Å². The standard InChI is InChI=1S/C26H41N5O7/c1-14(2)11-18(27)23(34)31-21(15(3)4)24(35)28-13-20(33)30-22(16(5)32)25(36)29-19(26(37)38)12-17-9-7-6-8-10-17/h6-10,14-16,18-19,21-22,32H,11-13,27H2,1-5H3,(H,28,35)(H,29,36)(H,30,33)(H,31,34)(H,37,38). The van der Waals surface area contributed by atoms with Crippen molar-refractivity contribution < 1.29 is 34.2 Å². The first-order valence-electron chi connectivity index (χ1n) is 12.6. The van der Waals surface area contributed by atoms with Gasteiger partial charge in [0, 0.05) is 6.42 Å². The molecule has 0 aliphatic carbocycles. The molecule has 4 amide bonds. The summed E-state index contributed by atoms with van der Waals surface area (Å²) >= 11 is 0. The van der Waals surface area contributed by atoms with Crippen LogP contribution in [-0.4, -0.2) is 76.6 Å². The monoisotopic (exact) mass is 535 g/mol. The van der Waals surface area contributed by atoms with Crippen molar-refractivity contribution in [3.05, 3.63) is 35.9 Å². The van der Waals surface area contributed by atoms with Gasteiger partial charge in [-0.15, -0.1) is 0 Å². The van der Waals surface area contributed by atoms with Crippen LogP contribution in [0.1, 0.15) is 46.6 Å². The Labute approximate surface area is 223 Å². The normalized spacial score (nSPS) is 15.1. The van der Waals surface area contributed by atoms with Gasteiger partial charge in [-0.3, -0.25) is 19.2 Å². The number of aliphatic carboxylic acids is 1. The molecule has 0 aliphatic heterocycles. The molecule has 0 spiro atoms. The zero-order valence-electron chi connectivity index (χ0n) is 22.6. The zero-order valence-corrected chi connectivity index (χ0v) is 22.6. The number of aliphatic hydroxyl groups is 1. The minimum absolute atomic E-state index is 0.00157. The average molecular weight is 536 g/mol. The number of amides is 4. The Hall–Kier alpha value is -3.51. The van der Waals surface area contributed by atoms with E-state index in [9.17, 15) is 34.2 Å². The molecule has 0 radical (unpaired) electrons. The maximum atomic E-state index is 12.7. The first-order chi connectivity index (χ1) is 17.7. The second kappa shape index (κ2) is 15.7. The summed E-state index contributed by atoms with van der Waals surface area (Å²) < 4.78 is 0.